The Balaban J connectivity index is 2.83. The number of nitrogens with zero attached hydrogens (tertiary/aromatic N) is 3. The monoisotopic (exact) mass is 181 g/mol. The Labute approximate surface area is 76.3 Å². The van der Waals surface area contributed by atoms with Crippen molar-refractivity contribution >= 4 is 5.91 Å². The Bertz CT molecular complexity index is 297. The van der Waals surface area contributed by atoms with Crippen LogP contribution in [-0.2, 0) is 4.84 Å². The molecule has 0 spiro atoms. The Kier molecular flexibility index (Phi) is 2.92. The second-order valence-corrected chi connectivity index (χ2v) is 2.50. The molecule has 0 saturated heterocycles. The van der Waals surface area contributed by atoms with Crippen LogP contribution in [0.25, 0.3) is 0 Å². The molecule has 70 valence electrons. The number of rotatable bonds is 2. The minimum absolute atomic E-state index is 0.262. The van der Waals surface area contributed by atoms with Crippen LogP contribution in [0.3, 0.4) is 0 Å². The van der Waals surface area contributed by atoms with E-state index in [0.717, 1.165) is 5.06 Å². The Morgan fingerprint density at radius 3 is 2.46 bits per heavy atom. The molecular formula is C8H11N3O2. The lowest BCUT2D eigenvalue weighted by Gasteiger charge is -2.12. The first-order valence-corrected chi connectivity index (χ1v) is 3.76. The number of carbonyl (C=O) groups excluding carboxylic acids is 1. The van der Waals surface area contributed by atoms with Gasteiger partial charge in [0.2, 0.25) is 0 Å². The molecule has 1 heterocycles. The number of hydrogen-bond donors (Lipinski definition) is 0. The van der Waals surface area contributed by atoms with Crippen molar-refractivity contribution in [3.05, 3.63) is 23.8 Å². The van der Waals surface area contributed by atoms with E-state index in [4.69, 9.17) is 4.84 Å². The molecule has 0 bridgehead atoms. The van der Waals surface area contributed by atoms with Gasteiger partial charge in [0.25, 0.3) is 5.91 Å². The predicted octanol–water partition coefficient (Wildman–Crippen LogP) is 0.418. The van der Waals surface area contributed by atoms with Gasteiger partial charge in [-0.2, -0.15) is 0 Å². The summed E-state index contributed by atoms with van der Waals surface area (Å²) in [7, 11) is 2.95. The highest BCUT2D eigenvalue weighted by Gasteiger charge is 2.11. The van der Waals surface area contributed by atoms with Crippen LogP contribution in [0.4, 0.5) is 0 Å². The van der Waals surface area contributed by atoms with Gasteiger partial charge < -0.3 is 0 Å². The smallest absolute Gasteiger partial charge is 0.274 e. The maximum Gasteiger partial charge on any atom is 0.280 e. The second-order valence-electron chi connectivity index (χ2n) is 2.50. The lowest BCUT2D eigenvalue weighted by molar-refractivity contribution is -0.0757. The van der Waals surface area contributed by atoms with E-state index in [1.165, 1.54) is 26.6 Å². The predicted molar refractivity (Wildman–Crippen MR) is 45.9 cm³/mol. The zero-order chi connectivity index (χ0) is 9.84. The normalized spacial score (nSPS) is 9.77. The molecule has 0 aromatic carbocycles. The van der Waals surface area contributed by atoms with Crippen LogP contribution in [-0.4, -0.2) is 35.1 Å². The molecule has 0 aliphatic rings. The molecule has 1 aromatic rings. The number of hydrogen-bond acceptors (Lipinski definition) is 4. The van der Waals surface area contributed by atoms with Gasteiger partial charge >= 0.3 is 0 Å². The Morgan fingerprint density at radius 2 is 2.00 bits per heavy atom. The number of carbonyl (C=O) groups is 1. The number of hydroxylamine groups is 2. The number of aromatic nitrogens is 2. The molecule has 13 heavy (non-hydrogen) atoms. The average Bonchev–Trinajstić information content (AvgIpc) is 2.17. The van der Waals surface area contributed by atoms with Gasteiger partial charge in [-0.05, 0) is 6.92 Å². The van der Waals surface area contributed by atoms with Crippen molar-refractivity contribution in [2.75, 3.05) is 14.2 Å². The third-order valence-corrected chi connectivity index (χ3v) is 1.59. The lowest BCUT2D eigenvalue weighted by atomic mass is 10.3. The van der Waals surface area contributed by atoms with Crippen molar-refractivity contribution < 1.29 is 9.63 Å². The van der Waals surface area contributed by atoms with Crippen LogP contribution in [0.5, 0.6) is 0 Å². The van der Waals surface area contributed by atoms with E-state index in [1.807, 2.05) is 0 Å². The molecule has 1 rings (SSSR count). The van der Waals surface area contributed by atoms with E-state index < -0.39 is 0 Å². The van der Waals surface area contributed by atoms with Crippen LogP contribution in [0.2, 0.25) is 0 Å². The van der Waals surface area contributed by atoms with Crippen molar-refractivity contribution in [3.8, 4) is 0 Å². The van der Waals surface area contributed by atoms with E-state index in [9.17, 15) is 4.79 Å². The van der Waals surface area contributed by atoms with Crippen LogP contribution >= 0.6 is 0 Å². The summed E-state index contributed by atoms with van der Waals surface area (Å²) in [4.78, 5) is 23.9. The maximum absolute atomic E-state index is 11.4. The molecular weight excluding hydrogens is 170 g/mol. The quantitative estimate of drug-likeness (QED) is 0.620. The molecule has 1 amide bonds. The summed E-state index contributed by atoms with van der Waals surface area (Å²) >= 11 is 0. The lowest BCUT2D eigenvalue weighted by Crippen LogP contribution is -2.25. The maximum atomic E-state index is 11.4. The molecule has 0 atom stereocenters. The first-order valence-electron chi connectivity index (χ1n) is 3.76. The summed E-state index contributed by atoms with van der Waals surface area (Å²) in [5, 5.41) is 1.12. The molecule has 0 aliphatic heterocycles. The van der Waals surface area contributed by atoms with Gasteiger partial charge in [0.05, 0.1) is 12.7 Å². The van der Waals surface area contributed by atoms with Crippen LogP contribution in [0, 0.1) is 6.92 Å². The van der Waals surface area contributed by atoms with Gasteiger partial charge in [-0.15, -0.1) is 0 Å². The standard InChI is InChI=1S/C8H11N3O2/c1-6-9-4-7(5-10-6)8(12)11(2)13-3/h4-5H,1-3H3. The largest absolute Gasteiger partial charge is 0.280 e. The van der Waals surface area contributed by atoms with E-state index in [0.29, 0.717) is 11.4 Å². The molecule has 0 radical (unpaired) electrons. The van der Waals surface area contributed by atoms with Crippen molar-refractivity contribution in [1.82, 2.24) is 15.0 Å². The summed E-state index contributed by atoms with van der Waals surface area (Å²) < 4.78 is 0. The van der Waals surface area contributed by atoms with Crippen LogP contribution in [0.15, 0.2) is 12.4 Å². The second kappa shape index (κ2) is 3.95. The van der Waals surface area contributed by atoms with Crippen LogP contribution < -0.4 is 0 Å². The van der Waals surface area contributed by atoms with Gasteiger partial charge in [0, 0.05) is 19.4 Å². The third-order valence-electron chi connectivity index (χ3n) is 1.59. The number of aryl methyl sites for hydroxylation is 1. The summed E-state index contributed by atoms with van der Waals surface area (Å²) in [6, 6.07) is 0. The highest BCUT2D eigenvalue weighted by atomic mass is 16.7. The van der Waals surface area contributed by atoms with Gasteiger partial charge in [-0.25, -0.2) is 15.0 Å². The van der Waals surface area contributed by atoms with Gasteiger partial charge in [-0.1, -0.05) is 0 Å². The van der Waals surface area contributed by atoms with Gasteiger partial charge in [0.15, 0.2) is 0 Å². The summed E-state index contributed by atoms with van der Waals surface area (Å²) in [5.41, 5.74) is 0.412. The summed E-state index contributed by atoms with van der Waals surface area (Å²) in [6.07, 6.45) is 2.94. The molecule has 0 N–H and O–H groups in total. The fraction of sp³-hybridized carbons (Fsp3) is 0.375. The fourth-order valence-corrected chi connectivity index (χ4v) is 0.768. The molecule has 0 fully saturated rings. The minimum atomic E-state index is -0.262. The highest BCUT2D eigenvalue weighted by molar-refractivity contribution is 5.92. The highest BCUT2D eigenvalue weighted by Crippen LogP contribution is 2.00. The van der Waals surface area contributed by atoms with Crippen molar-refractivity contribution in [1.29, 1.82) is 0 Å². The Hall–Kier alpha value is -1.49. The molecule has 0 aliphatic carbocycles. The first-order chi connectivity index (χ1) is 6.15. The van der Waals surface area contributed by atoms with E-state index in [2.05, 4.69) is 9.97 Å². The minimum Gasteiger partial charge on any atom is -0.274 e. The van der Waals surface area contributed by atoms with Gasteiger partial charge in [-0.3, -0.25) is 9.63 Å². The average molecular weight is 181 g/mol. The fourth-order valence-electron chi connectivity index (χ4n) is 0.768. The molecule has 0 saturated carbocycles. The zero-order valence-electron chi connectivity index (χ0n) is 7.81. The van der Waals surface area contributed by atoms with Gasteiger partial charge in [0.1, 0.15) is 5.82 Å². The number of amides is 1. The Morgan fingerprint density at radius 1 is 1.46 bits per heavy atom. The van der Waals surface area contributed by atoms with Crippen molar-refractivity contribution in [3.63, 3.8) is 0 Å². The van der Waals surface area contributed by atoms with Crippen molar-refractivity contribution in [2.24, 2.45) is 0 Å². The molecule has 1 aromatic heterocycles. The molecule has 0 unspecified atom stereocenters. The topological polar surface area (TPSA) is 55.3 Å². The molecule has 5 nitrogen and oxygen atoms in total. The summed E-state index contributed by atoms with van der Waals surface area (Å²) in [6.45, 7) is 1.76. The van der Waals surface area contributed by atoms with E-state index >= 15 is 0 Å². The van der Waals surface area contributed by atoms with E-state index in [-0.39, 0.29) is 5.91 Å². The summed E-state index contributed by atoms with van der Waals surface area (Å²) in [5.74, 6) is 0.374. The van der Waals surface area contributed by atoms with Crippen LogP contribution in [0.1, 0.15) is 16.2 Å². The van der Waals surface area contributed by atoms with Crippen molar-refractivity contribution in [2.45, 2.75) is 6.92 Å². The van der Waals surface area contributed by atoms with E-state index in [1.54, 1.807) is 6.92 Å². The third kappa shape index (κ3) is 2.22. The zero-order valence-corrected chi connectivity index (χ0v) is 7.81. The molecule has 5 heteroatoms. The SMILES string of the molecule is CON(C)C(=O)c1cnc(C)nc1. The first kappa shape index (κ1) is 9.60.